The van der Waals surface area contributed by atoms with E-state index in [1.54, 1.807) is 10.2 Å². The zero-order valence-electron chi connectivity index (χ0n) is 4.27. The molecule has 0 aromatic carbocycles. The molecule has 0 bridgehead atoms. The molecule has 7 heavy (non-hydrogen) atoms. The molecule has 0 saturated carbocycles. The second kappa shape index (κ2) is 1.54. The zero-order chi connectivity index (χ0) is 5.28. The van der Waals surface area contributed by atoms with Crippen LogP contribution in [-0.2, 0) is 0 Å². The molecule has 1 rings (SSSR count). The van der Waals surface area contributed by atoms with Gasteiger partial charge in [-0.1, -0.05) is 0 Å². The van der Waals surface area contributed by atoms with Crippen LogP contribution in [0, 0.1) is 6.92 Å². The maximum absolute atomic E-state index is 5.10. The fraction of sp³-hybridized carbons (Fsp3) is 0.200. The summed E-state index contributed by atoms with van der Waals surface area (Å²) in [4.78, 5) is 0. The van der Waals surface area contributed by atoms with E-state index in [1.807, 2.05) is 19.1 Å². The first-order valence-electron chi connectivity index (χ1n) is 2.17. The van der Waals surface area contributed by atoms with Crippen molar-refractivity contribution in [2.24, 2.45) is 0 Å². The first-order valence-corrected chi connectivity index (χ1v) is 2.88. The lowest BCUT2D eigenvalue weighted by atomic mass is 10.5. The SMILES string of the molecule is Cc1ccc([SiH2])o1. The molecule has 0 amide bonds. The van der Waals surface area contributed by atoms with Crippen LogP contribution in [0.25, 0.3) is 0 Å². The van der Waals surface area contributed by atoms with E-state index in [2.05, 4.69) is 0 Å². The van der Waals surface area contributed by atoms with E-state index in [1.165, 1.54) is 0 Å². The van der Waals surface area contributed by atoms with Crippen molar-refractivity contribution >= 4 is 15.6 Å². The van der Waals surface area contributed by atoms with Gasteiger partial charge in [-0.2, -0.15) is 0 Å². The maximum Gasteiger partial charge on any atom is 0.0999 e. The van der Waals surface area contributed by atoms with E-state index < -0.39 is 0 Å². The molecule has 1 radical (unpaired) electrons. The standard InChI is InChI=1S/C5H7OSi/c1-4-2-3-5(7)6-4/h2-3H,7H2,1H3. The average Bonchev–Trinajstić information content (AvgIpc) is 1.87. The normalized spacial score (nSPS) is 9.43. The fourth-order valence-corrected chi connectivity index (χ4v) is 0.831. The molecule has 0 fully saturated rings. The Morgan fingerprint density at radius 2 is 2.29 bits per heavy atom. The minimum absolute atomic E-state index is 0.991. The van der Waals surface area contributed by atoms with Crippen molar-refractivity contribution in [1.29, 1.82) is 0 Å². The molecule has 0 aliphatic rings. The first-order chi connectivity index (χ1) is 3.29. The summed E-state index contributed by atoms with van der Waals surface area (Å²) in [6.07, 6.45) is 0. The van der Waals surface area contributed by atoms with Crippen molar-refractivity contribution in [3.8, 4) is 0 Å². The Balaban J connectivity index is 3.04. The lowest BCUT2D eigenvalue weighted by Crippen LogP contribution is -1.92. The molecule has 1 nitrogen and oxygen atoms in total. The Kier molecular flexibility index (Phi) is 1.02. The van der Waals surface area contributed by atoms with Gasteiger partial charge in [0.05, 0.1) is 21.4 Å². The lowest BCUT2D eigenvalue weighted by Gasteiger charge is -1.76. The van der Waals surface area contributed by atoms with Crippen LogP contribution in [0.5, 0.6) is 0 Å². The van der Waals surface area contributed by atoms with E-state index in [0.717, 1.165) is 11.1 Å². The van der Waals surface area contributed by atoms with Crippen molar-refractivity contribution in [2.75, 3.05) is 0 Å². The predicted octanol–water partition coefficient (Wildman–Crippen LogP) is -0.154. The highest BCUT2D eigenvalue weighted by atomic mass is 28.1. The number of rotatable bonds is 0. The third-order valence-corrected chi connectivity index (χ3v) is 1.18. The van der Waals surface area contributed by atoms with Crippen molar-refractivity contribution in [1.82, 2.24) is 0 Å². The Morgan fingerprint density at radius 1 is 1.57 bits per heavy atom. The van der Waals surface area contributed by atoms with Crippen molar-refractivity contribution < 1.29 is 4.42 Å². The van der Waals surface area contributed by atoms with Crippen LogP contribution >= 0.6 is 0 Å². The molecular weight excluding hydrogens is 104 g/mol. The van der Waals surface area contributed by atoms with Crippen molar-refractivity contribution in [3.63, 3.8) is 0 Å². The summed E-state index contributed by atoms with van der Waals surface area (Å²) < 4.78 is 5.10. The van der Waals surface area contributed by atoms with Gasteiger partial charge in [-0.05, 0) is 19.1 Å². The van der Waals surface area contributed by atoms with Gasteiger partial charge in [-0.15, -0.1) is 0 Å². The van der Waals surface area contributed by atoms with Gasteiger partial charge >= 0.3 is 0 Å². The summed E-state index contributed by atoms with van der Waals surface area (Å²) >= 11 is 0. The number of aryl methyl sites for hydroxylation is 1. The second-order valence-electron chi connectivity index (χ2n) is 1.51. The predicted molar refractivity (Wildman–Crippen MR) is 31.6 cm³/mol. The van der Waals surface area contributed by atoms with Gasteiger partial charge in [0.1, 0.15) is 0 Å². The Morgan fingerprint density at radius 3 is 2.43 bits per heavy atom. The van der Waals surface area contributed by atoms with E-state index in [9.17, 15) is 0 Å². The summed E-state index contributed by atoms with van der Waals surface area (Å²) in [5.74, 6) is 0.991. The van der Waals surface area contributed by atoms with Crippen LogP contribution in [0.15, 0.2) is 16.5 Å². The molecule has 37 valence electrons. The maximum atomic E-state index is 5.10. The van der Waals surface area contributed by atoms with Gasteiger partial charge in [0.2, 0.25) is 0 Å². The van der Waals surface area contributed by atoms with Gasteiger partial charge < -0.3 is 4.42 Å². The molecule has 1 aromatic heterocycles. The van der Waals surface area contributed by atoms with Crippen molar-refractivity contribution in [3.05, 3.63) is 17.9 Å². The Hall–Kier alpha value is -0.503. The average molecular weight is 111 g/mol. The monoisotopic (exact) mass is 111 g/mol. The van der Waals surface area contributed by atoms with E-state index in [0.29, 0.717) is 0 Å². The van der Waals surface area contributed by atoms with Gasteiger partial charge in [0, 0.05) is 0 Å². The topological polar surface area (TPSA) is 13.1 Å². The highest BCUT2D eigenvalue weighted by Gasteiger charge is 1.85. The molecule has 0 spiro atoms. The molecule has 0 aliphatic heterocycles. The highest BCUT2D eigenvalue weighted by molar-refractivity contribution is 6.29. The molecular formula is C5H7OSi. The molecule has 0 atom stereocenters. The molecule has 0 unspecified atom stereocenters. The minimum atomic E-state index is 0.991. The van der Waals surface area contributed by atoms with Crippen LogP contribution in [-0.4, -0.2) is 10.2 Å². The lowest BCUT2D eigenvalue weighted by molar-refractivity contribution is 0.566. The van der Waals surface area contributed by atoms with E-state index >= 15 is 0 Å². The van der Waals surface area contributed by atoms with Gasteiger partial charge in [-0.3, -0.25) is 0 Å². The van der Waals surface area contributed by atoms with Gasteiger partial charge in [-0.25, -0.2) is 0 Å². The zero-order valence-corrected chi connectivity index (χ0v) is 5.68. The Bertz CT molecular complexity index is 140. The number of hydrogen-bond donors (Lipinski definition) is 0. The Labute approximate surface area is 45.8 Å². The summed E-state index contributed by atoms with van der Waals surface area (Å²) in [7, 11) is 1.76. The molecule has 1 heterocycles. The van der Waals surface area contributed by atoms with Crippen LogP contribution in [0.1, 0.15) is 5.76 Å². The number of furan rings is 1. The smallest absolute Gasteiger partial charge is 0.0999 e. The van der Waals surface area contributed by atoms with Crippen LogP contribution in [0.2, 0.25) is 0 Å². The molecule has 1 aromatic rings. The summed E-state index contributed by atoms with van der Waals surface area (Å²) in [5.41, 5.74) is 0. The summed E-state index contributed by atoms with van der Waals surface area (Å²) in [5, 5.41) is 1.01. The number of hydrogen-bond acceptors (Lipinski definition) is 1. The third kappa shape index (κ3) is 0.931. The summed E-state index contributed by atoms with van der Waals surface area (Å²) in [6.45, 7) is 1.94. The van der Waals surface area contributed by atoms with Crippen LogP contribution < -0.4 is 5.38 Å². The quantitative estimate of drug-likeness (QED) is 0.424. The second-order valence-corrected chi connectivity index (χ2v) is 2.21. The first kappa shape index (κ1) is 4.65. The molecule has 0 N–H and O–H groups in total. The third-order valence-electron chi connectivity index (χ3n) is 0.796. The van der Waals surface area contributed by atoms with E-state index in [4.69, 9.17) is 4.42 Å². The van der Waals surface area contributed by atoms with Crippen LogP contribution in [0.3, 0.4) is 0 Å². The molecule has 0 saturated heterocycles. The highest BCUT2D eigenvalue weighted by Crippen LogP contribution is 1.90. The fourth-order valence-electron chi connectivity index (χ4n) is 0.485. The van der Waals surface area contributed by atoms with Crippen LogP contribution in [0.4, 0.5) is 0 Å². The minimum Gasteiger partial charge on any atom is -0.473 e. The van der Waals surface area contributed by atoms with Gasteiger partial charge in [0.15, 0.2) is 0 Å². The van der Waals surface area contributed by atoms with E-state index in [-0.39, 0.29) is 0 Å². The van der Waals surface area contributed by atoms with Gasteiger partial charge in [0.25, 0.3) is 0 Å². The molecule has 0 aliphatic carbocycles. The molecule has 2 heteroatoms. The largest absolute Gasteiger partial charge is 0.473 e. The summed E-state index contributed by atoms with van der Waals surface area (Å²) in [6, 6.07) is 3.93. The van der Waals surface area contributed by atoms with Crippen molar-refractivity contribution in [2.45, 2.75) is 6.92 Å².